The minimum atomic E-state index is 0.702. The Hall–Kier alpha value is -0.890. The Balaban J connectivity index is 2.19. The molecule has 2 heteroatoms. The standard InChI is InChI=1S/C12H14OS/c1-9(2)8-14-12-7-10-5-3-4-6-11(10)13-12/h3-7,9H,8H2,1-2H3. The number of hydrogen-bond donors (Lipinski definition) is 0. The molecule has 0 aliphatic rings. The van der Waals surface area contributed by atoms with Crippen LogP contribution in [0.2, 0.25) is 0 Å². The molecule has 0 bridgehead atoms. The normalized spacial score (nSPS) is 11.4. The average molecular weight is 206 g/mol. The maximum Gasteiger partial charge on any atom is 0.161 e. The minimum Gasteiger partial charge on any atom is -0.450 e. The van der Waals surface area contributed by atoms with E-state index in [1.165, 1.54) is 5.39 Å². The van der Waals surface area contributed by atoms with E-state index in [-0.39, 0.29) is 0 Å². The lowest BCUT2D eigenvalue weighted by Crippen LogP contribution is -1.88. The smallest absolute Gasteiger partial charge is 0.161 e. The first-order valence-corrected chi connectivity index (χ1v) is 5.85. The predicted molar refractivity (Wildman–Crippen MR) is 61.8 cm³/mol. The van der Waals surface area contributed by atoms with E-state index >= 15 is 0 Å². The fraction of sp³-hybridized carbons (Fsp3) is 0.333. The first-order valence-electron chi connectivity index (χ1n) is 4.87. The molecule has 74 valence electrons. The molecule has 0 saturated heterocycles. The molecule has 0 aliphatic heterocycles. The monoisotopic (exact) mass is 206 g/mol. The summed E-state index contributed by atoms with van der Waals surface area (Å²) in [6.45, 7) is 4.44. The average Bonchev–Trinajstić information content (AvgIpc) is 2.57. The van der Waals surface area contributed by atoms with Gasteiger partial charge in [-0.1, -0.05) is 43.8 Å². The highest BCUT2D eigenvalue weighted by molar-refractivity contribution is 7.99. The third-order valence-corrected chi connectivity index (χ3v) is 3.28. The first-order chi connectivity index (χ1) is 6.75. The molecule has 0 fully saturated rings. The summed E-state index contributed by atoms with van der Waals surface area (Å²) >= 11 is 1.79. The van der Waals surface area contributed by atoms with Gasteiger partial charge in [0.25, 0.3) is 0 Å². The summed E-state index contributed by atoms with van der Waals surface area (Å²) < 4.78 is 5.68. The van der Waals surface area contributed by atoms with Crippen LogP contribution in [0.3, 0.4) is 0 Å². The Morgan fingerprint density at radius 2 is 2.07 bits per heavy atom. The summed E-state index contributed by atoms with van der Waals surface area (Å²) in [4.78, 5) is 0. The highest BCUT2D eigenvalue weighted by Crippen LogP contribution is 2.27. The van der Waals surface area contributed by atoms with E-state index in [1.807, 2.05) is 18.2 Å². The van der Waals surface area contributed by atoms with Crippen molar-refractivity contribution >= 4 is 22.7 Å². The van der Waals surface area contributed by atoms with Crippen LogP contribution >= 0.6 is 11.8 Å². The molecule has 1 nitrogen and oxygen atoms in total. The Labute approximate surface area is 88.5 Å². The number of thioether (sulfide) groups is 1. The van der Waals surface area contributed by atoms with Gasteiger partial charge in [-0.2, -0.15) is 0 Å². The molecule has 0 saturated carbocycles. The zero-order chi connectivity index (χ0) is 9.97. The van der Waals surface area contributed by atoms with E-state index in [9.17, 15) is 0 Å². The summed E-state index contributed by atoms with van der Waals surface area (Å²) in [6, 6.07) is 10.2. The summed E-state index contributed by atoms with van der Waals surface area (Å²) in [7, 11) is 0. The second-order valence-electron chi connectivity index (χ2n) is 3.81. The second kappa shape index (κ2) is 4.09. The SMILES string of the molecule is CC(C)CSc1cc2ccccc2o1. The number of rotatable bonds is 3. The molecule has 0 N–H and O–H groups in total. The zero-order valence-corrected chi connectivity index (χ0v) is 9.30. The lowest BCUT2D eigenvalue weighted by molar-refractivity contribution is 0.514. The van der Waals surface area contributed by atoms with E-state index in [0.29, 0.717) is 5.92 Å². The molecule has 2 aromatic rings. The summed E-state index contributed by atoms with van der Waals surface area (Å²) in [5.74, 6) is 1.81. The number of hydrogen-bond acceptors (Lipinski definition) is 2. The lowest BCUT2D eigenvalue weighted by Gasteiger charge is -1.99. The molecular weight excluding hydrogens is 192 g/mol. The molecular formula is C12H14OS. The minimum absolute atomic E-state index is 0.702. The van der Waals surface area contributed by atoms with Gasteiger partial charge < -0.3 is 4.42 Å². The van der Waals surface area contributed by atoms with Crippen LogP contribution in [0.15, 0.2) is 39.8 Å². The van der Waals surface area contributed by atoms with Gasteiger partial charge in [0.2, 0.25) is 0 Å². The first kappa shape index (κ1) is 9.66. The maximum absolute atomic E-state index is 5.68. The van der Waals surface area contributed by atoms with Crippen molar-refractivity contribution in [1.29, 1.82) is 0 Å². The highest BCUT2D eigenvalue weighted by Gasteiger charge is 2.04. The fourth-order valence-corrected chi connectivity index (χ4v) is 2.13. The van der Waals surface area contributed by atoms with E-state index in [0.717, 1.165) is 16.4 Å². The molecule has 0 spiro atoms. The van der Waals surface area contributed by atoms with Gasteiger partial charge in [0.05, 0.1) is 0 Å². The maximum atomic E-state index is 5.68. The number of para-hydroxylation sites is 1. The molecule has 1 aromatic carbocycles. The summed E-state index contributed by atoms with van der Waals surface area (Å²) in [5, 5.41) is 2.22. The van der Waals surface area contributed by atoms with Gasteiger partial charge in [-0.3, -0.25) is 0 Å². The summed E-state index contributed by atoms with van der Waals surface area (Å²) in [6.07, 6.45) is 0. The van der Waals surface area contributed by atoms with Gasteiger partial charge in [-0.15, -0.1) is 0 Å². The van der Waals surface area contributed by atoms with Crippen molar-refractivity contribution in [2.75, 3.05) is 5.75 Å². The lowest BCUT2D eigenvalue weighted by atomic mass is 10.3. The molecule has 0 unspecified atom stereocenters. The Kier molecular flexibility index (Phi) is 2.82. The molecule has 14 heavy (non-hydrogen) atoms. The third-order valence-electron chi connectivity index (χ3n) is 1.96. The van der Waals surface area contributed by atoms with Crippen LogP contribution < -0.4 is 0 Å². The number of benzene rings is 1. The van der Waals surface area contributed by atoms with Gasteiger partial charge in [0, 0.05) is 11.1 Å². The zero-order valence-electron chi connectivity index (χ0n) is 8.49. The van der Waals surface area contributed by atoms with Crippen LogP contribution in [-0.2, 0) is 0 Å². The van der Waals surface area contributed by atoms with Crippen molar-refractivity contribution in [1.82, 2.24) is 0 Å². The molecule has 0 amide bonds. The van der Waals surface area contributed by atoms with E-state index in [2.05, 4.69) is 26.0 Å². The van der Waals surface area contributed by atoms with Crippen molar-refractivity contribution in [3.05, 3.63) is 30.3 Å². The molecule has 0 atom stereocenters. The molecule has 1 heterocycles. The van der Waals surface area contributed by atoms with Crippen molar-refractivity contribution in [2.24, 2.45) is 5.92 Å². The Morgan fingerprint density at radius 3 is 2.79 bits per heavy atom. The van der Waals surface area contributed by atoms with Crippen molar-refractivity contribution in [2.45, 2.75) is 18.9 Å². The summed E-state index contributed by atoms with van der Waals surface area (Å²) in [5.41, 5.74) is 0.985. The van der Waals surface area contributed by atoms with Crippen LogP contribution in [0.25, 0.3) is 11.0 Å². The third kappa shape index (κ3) is 2.13. The Bertz CT molecular complexity index is 384. The van der Waals surface area contributed by atoms with Gasteiger partial charge >= 0.3 is 0 Å². The van der Waals surface area contributed by atoms with Crippen molar-refractivity contribution < 1.29 is 4.42 Å². The second-order valence-corrected chi connectivity index (χ2v) is 4.83. The molecule has 2 rings (SSSR count). The van der Waals surface area contributed by atoms with Crippen LogP contribution in [0, 0.1) is 5.92 Å². The fourth-order valence-electron chi connectivity index (χ4n) is 1.28. The quantitative estimate of drug-likeness (QED) is 0.699. The van der Waals surface area contributed by atoms with Crippen molar-refractivity contribution in [3.63, 3.8) is 0 Å². The van der Waals surface area contributed by atoms with Crippen LogP contribution in [-0.4, -0.2) is 5.75 Å². The van der Waals surface area contributed by atoms with Crippen LogP contribution in [0.5, 0.6) is 0 Å². The van der Waals surface area contributed by atoms with Gasteiger partial charge in [0.1, 0.15) is 5.58 Å². The van der Waals surface area contributed by atoms with Gasteiger partial charge in [-0.05, 0) is 18.1 Å². The van der Waals surface area contributed by atoms with Crippen LogP contribution in [0.4, 0.5) is 0 Å². The van der Waals surface area contributed by atoms with E-state index in [1.54, 1.807) is 11.8 Å². The molecule has 0 radical (unpaired) electrons. The van der Waals surface area contributed by atoms with E-state index < -0.39 is 0 Å². The molecule has 1 aromatic heterocycles. The number of fused-ring (bicyclic) bond motifs is 1. The largest absolute Gasteiger partial charge is 0.450 e. The van der Waals surface area contributed by atoms with Crippen molar-refractivity contribution in [3.8, 4) is 0 Å². The predicted octanol–water partition coefficient (Wildman–Crippen LogP) is 4.18. The van der Waals surface area contributed by atoms with E-state index in [4.69, 9.17) is 4.42 Å². The van der Waals surface area contributed by atoms with Crippen LogP contribution in [0.1, 0.15) is 13.8 Å². The molecule has 0 aliphatic carbocycles. The Morgan fingerprint density at radius 1 is 1.29 bits per heavy atom. The van der Waals surface area contributed by atoms with Gasteiger partial charge in [-0.25, -0.2) is 0 Å². The number of furan rings is 1. The van der Waals surface area contributed by atoms with Gasteiger partial charge in [0.15, 0.2) is 5.09 Å². The highest BCUT2D eigenvalue weighted by atomic mass is 32.2. The topological polar surface area (TPSA) is 13.1 Å².